The number of alkyl halides is 3. The first kappa shape index (κ1) is 14.8. The molecule has 1 heterocycles. The maximum Gasteiger partial charge on any atom is 0.389 e. The van der Waals surface area contributed by atoms with Crippen molar-refractivity contribution in [1.82, 2.24) is 5.32 Å². The minimum atomic E-state index is -4.06. The molecule has 0 amide bonds. The monoisotopic (exact) mass is 253 g/mol. The molecule has 0 radical (unpaired) electrons. The Morgan fingerprint density at radius 1 is 1.41 bits per heavy atom. The lowest BCUT2D eigenvalue weighted by atomic mass is 9.93. The highest BCUT2D eigenvalue weighted by Crippen LogP contribution is 2.28. The van der Waals surface area contributed by atoms with Crippen LogP contribution in [0.25, 0.3) is 0 Å². The van der Waals surface area contributed by atoms with Gasteiger partial charge in [-0.25, -0.2) is 0 Å². The standard InChI is InChI=1S/C12H22F3NO/c1-3-6-16-11(4-5-12(13,14)15)10-7-9(2)17-8-10/h9-11,16H,3-8H2,1-2H3. The zero-order chi connectivity index (χ0) is 12.9. The van der Waals surface area contributed by atoms with Crippen molar-refractivity contribution in [1.29, 1.82) is 0 Å². The Bertz CT molecular complexity index is 220. The summed E-state index contributed by atoms with van der Waals surface area (Å²) in [6, 6.07) is -0.0680. The summed E-state index contributed by atoms with van der Waals surface area (Å²) in [7, 11) is 0. The zero-order valence-corrected chi connectivity index (χ0v) is 10.5. The predicted octanol–water partition coefficient (Wildman–Crippen LogP) is 3.12. The van der Waals surface area contributed by atoms with E-state index in [9.17, 15) is 13.2 Å². The highest BCUT2D eigenvalue weighted by molar-refractivity contribution is 4.82. The Balaban J connectivity index is 2.42. The second-order valence-electron chi connectivity index (χ2n) is 4.85. The van der Waals surface area contributed by atoms with Gasteiger partial charge in [0, 0.05) is 18.4 Å². The fourth-order valence-corrected chi connectivity index (χ4v) is 2.28. The van der Waals surface area contributed by atoms with E-state index in [-0.39, 0.29) is 24.5 Å². The largest absolute Gasteiger partial charge is 0.389 e. The molecular weight excluding hydrogens is 231 g/mol. The van der Waals surface area contributed by atoms with Crippen LogP contribution in [0.5, 0.6) is 0 Å². The lowest BCUT2D eigenvalue weighted by Crippen LogP contribution is -2.38. The molecule has 102 valence electrons. The average molecular weight is 253 g/mol. The first-order valence-electron chi connectivity index (χ1n) is 6.34. The van der Waals surface area contributed by atoms with Gasteiger partial charge in [-0.1, -0.05) is 6.92 Å². The van der Waals surface area contributed by atoms with Crippen LogP contribution in [0, 0.1) is 5.92 Å². The Morgan fingerprint density at radius 2 is 2.12 bits per heavy atom. The molecule has 1 rings (SSSR count). The van der Waals surface area contributed by atoms with Gasteiger partial charge in [-0.3, -0.25) is 0 Å². The third kappa shape index (κ3) is 5.73. The summed E-state index contributed by atoms with van der Waals surface area (Å²) in [5, 5.41) is 3.22. The van der Waals surface area contributed by atoms with E-state index in [0.29, 0.717) is 6.61 Å². The second-order valence-corrected chi connectivity index (χ2v) is 4.85. The Hall–Kier alpha value is -0.290. The predicted molar refractivity (Wildman–Crippen MR) is 60.9 cm³/mol. The number of ether oxygens (including phenoxy) is 1. The van der Waals surface area contributed by atoms with Gasteiger partial charge in [0.15, 0.2) is 0 Å². The molecule has 0 aromatic heterocycles. The van der Waals surface area contributed by atoms with Crippen LogP contribution in [0.3, 0.4) is 0 Å². The summed E-state index contributed by atoms with van der Waals surface area (Å²) in [6.07, 6.45) is -2.64. The van der Waals surface area contributed by atoms with Crippen LogP contribution >= 0.6 is 0 Å². The molecule has 5 heteroatoms. The molecule has 0 bridgehead atoms. The van der Waals surface area contributed by atoms with Crippen molar-refractivity contribution in [2.24, 2.45) is 5.92 Å². The molecular formula is C12H22F3NO. The summed E-state index contributed by atoms with van der Waals surface area (Å²) >= 11 is 0. The topological polar surface area (TPSA) is 21.3 Å². The molecule has 2 nitrogen and oxygen atoms in total. The molecule has 1 fully saturated rings. The third-order valence-corrected chi connectivity index (χ3v) is 3.19. The SMILES string of the molecule is CCCNC(CCC(F)(F)F)C1COC(C)C1. The molecule has 1 N–H and O–H groups in total. The van der Waals surface area contributed by atoms with Crippen molar-refractivity contribution >= 4 is 0 Å². The molecule has 1 aliphatic heterocycles. The molecule has 17 heavy (non-hydrogen) atoms. The second kappa shape index (κ2) is 6.59. The van der Waals surface area contributed by atoms with Gasteiger partial charge in [-0.15, -0.1) is 0 Å². The number of nitrogens with one attached hydrogen (secondary N) is 1. The third-order valence-electron chi connectivity index (χ3n) is 3.19. The highest BCUT2D eigenvalue weighted by Gasteiger charge is 2.33. The van der Waals surface area contributed by atoms with Crippen molar-refractivity contribution in [3.8, 4) is 0 Å². The van der Waals surface area contributed by atoms with Gasteiger partial charge in [0.1, 0.15) is 0 Å². The van der Waals surface area contributed by atoms with E-state index in [0.717, 1.165) is 19.4 Å². The van der Waals surface area contributed by atoms with E-state index in [1.807, 2.05) is 13.8 Å². The van der Waals surface area contributed by atoms with Crippen LogP contribution in [0.4, 0.5) is 13.2 Å². The maximum atomic E-state index is 12.2. The molecule has 0 aromatic rings. The van der Waals surface area contributed by atoms with Gasteiger partial charge in [0.05, 0.1) is 12.7 Å². The van der Waals surface area contributed by atoms with Crippen molar-refractivity contribution in [2.75, 3.05) is 13.2 Å². The fraction of sp³-hybridized carbons (Fsp3) is 1.00. The number of halogens is 3. The van der Waals surface area contributed by atoms with E-state index >= 15 is 0 Å². The van der Waals surface area contributed by atoms with Gasteiger partial charge < -0.3 is 10.1 Å². The molecule has 1 saturated heterocycles. The number of hydrogen-bond donors (Lipinski definition) is 1. The van der Waals surface area contributed by atoms with E-state index in [4.69, 9.17) is 4.74 Å². The maximum absolute atomic E-state index is 12.2. The van der Waals surface area contributed by atoms with Crippen LogP contribution in [-0.4, -0.2) is 31.5 Å². The van der Waals surface area contributed by atoms with E-state index in [2.05, 4.69) is 5.32 Å². The first-order chi connectivity index (χ1) is 7.92. The molecule has 0 spiro atoms. The quantitative estimate of drug-likeness (QED) is 0.785. The lowest BCUT2D eigenvalue weighted by molar-refractivity contribution is -0.137. The van der Waals surface area contributed by atoms with Crippen LogP contribution in [0.1, 0.15) is 39.5 Å². The molecule has 3 unspecified atom stereocenters. The highest BCUT2D eigenvalue weighted by atomic mass is 19.4. The zero-order valence-electron chi connectivity index (χ0n) is 10.5. The van der Waals surface area contributed by atoms with Gasteiger partial charge in [-0.05, 0) is 32.7 Å². The smallest absolute Gasteiger partial charge is 0.378 e. The molecule has 1 aliphatic rings. The van der Waals surface area contributed by atoms with Gasteiger partial charge >= 0.3 is 6.18 Å². The van der Waals surface area contributed by atoms with Crippen molar-refractivity contribution in [2.45, 2.75) is 57.9 Å². The van der Waals surface area contributed by atoms with Gasteiger partial charge in [0.2, 0.25) is 0 Å². The molecule has 0 saturated carbocycles. The van der Waals surface area contributed by atoms with E-state index < -0.39 is 12.6 Å². The van der Waals surface area contributed by atoms with Crippen LogP contribution < -0.4 is 5.32 Å². The van der Waals surface area contributed by atoms with Crippen molar-refractivity contribution in [3.63, 3.8) is 0 Å². The normalized spacial score (nSPS) is 27.4. The molecule has 3 atom stereocenters. The molecule has 0 aliphatic carbocycles. The van der Waals surface area contributed by atoms with Crippen LogP contribution in [-0.2, 0) is 4.74 Å². The minimum absolute atomic E-state index is 0.0680. The summed E-state index contributed by atoms with van der Waals surface area (Å²) in [6.45, 7) is 5.34. The first-order valence-corrected chi connectivity index (χ1v) is 6.34. The minimum Gasteiger partial charge on any atom is -0.378 e. The fourth-order valence-electron chi connectivity index (χ4n) is 2.28. The van der Waals surface area contributed by atoms with E-state index in [1.165, 1.54) is 0 Å². The van der Waals surface area contributed by atoms with Crippen LogP contribution in [0.2, 0.25) is 0 Å². The van der Waals surface area contributed by atoms with Gasteiger partial charge in [0.25, 0.3) is 0 Å². The number of hydrogen-bond acceptors (Lipinski definition) is 2. The van der Waals surface area contributed by atoms with Crippen LogP contribution in [0.15, 0.2) is 0 Å². The summed E-state index contributed by atoms with van der Waals surface area (Å²) in [5.41, 5.74) is 0. The molecule has 0 aromatic carbocycles. The average Bonchev–Trinajstić information content (AvgIpc) is 2.63. The summed E-state index contributed by atoms with van der Waals surface area (Å²) in [5.74, 6) is 0.221. The summed E-state index contributed by atoms with van der Waals surface area (Å²) < 4.78 is 42.2. The number of rotatable bonds is 6. The van der Waals surface area contributed by atoms with E-state index in [1.54, 1.807) is 0 Å². The Morgan fingerprint density at radius 3 is 2.59 bits per heavy atom. The van der Waals surface area contributed by atoms with Crippen molar-refractivity contribution < 1.29 is 17.9 Å². The Labute approximate surface area is 101 Å². The van der Waals surface area contributed by atoms with Crippen molar-refractivity contribution in [3.05, 3.63) is 0 Å². The van der Waals surface area contributed by atoms with Gasteiger partial charge in [-0.2, -0.15) is 13.2 Å². The summed E-state index contributed by atoms with van der Waals surface area (Å²) in [4.78, 5) is 0. The lowest BCUT2D eigenvalue weighted by Gasteiger charge is -2.24. The Kier molecular flexibility index (Phi) is 5.73.